The van der Waals surface area contributed by atoms with Gasteiger partial charge in [-0.1, -0.05) is 12.1 Å². The van der Waals surface area contributed by atoms with E-state index in [0.717, 1.165) is 37.6 Å². The summed E-state index contributed by atoms with van der Waals surface area (Å²) in [6, 6.07) is 10.6. The second-order valence-electron chi connectivity index (χ2n) is 7.92. The van der Waals surface area contributed by atoms with Gasteiger partial charge in [-0.3, -0.25) is 0 Å². The zero-order valence-corrected chi connectivity index (χ0v) is 18.4. The van der Waals surface area contributed by atoms with Crippen LogP contribution in [0.4, 0.5) is 0 Å². The van der Waals surface area contributed by atoms with E-state index in [4.69, 9.17) is 28.4 Å². The largest absolute Gasteiger partial charge is 0.504 e. The first-order chi connectivity index (χ1) is 15.6. The standard InChI is InChI=1S/C20H22O6.C4H8O2/c1-23-17-7-11(3-5-15(17)21)19-13-9-26-20(14(13)10-25-19)12-4-6-16(22)18(8-12)24-2;1-2-6-4-3-5-1/h3-8,13-14,19-22H,9-10H2,1-2H3;1-4H2/t13-,14-,19+,20+;/m0./s1. The van der Waals surface area contributed by atoms with Crippen LogP contribution in [0.2, 0.25) is 0 Å². The van der Waals surface area contributed by atoms with Crippen molar-refractivity contribution in [3.8, 4) is 23.0 Å². The van der Waals surface area contributed by atoms with Crippen LogP contribution in [0.5, 0.6) is 23.0 Å². The summed E-state index contributed by atoms with van der Waals surface area (Å²) in [7, 11) is 3.06. The lowest BCUT2D eigenvalue weighted by Crippen LogP contribution is -2.16. The Morgan fingerprint density at radius 2 is 1.09 bits per heavy atom. The molecule has 3 saturated heterocycles. The summed E-state index contributed by atoms with van der Waals surface area (Å²) in [5.74, 6) is 1.54. The molecule has 0 spiro atoms. The molecule has 2 aromatic rings. The molecule has 32 heavy (non-hydrogen) atoms. The minimum atomic E-state index is -0.0986. The van der Waals surface area contributed by atoms with Crippen LogP contribution >= 0.6 is 0 Å². The van der Waals surface area contributed by atoms with E-state index in [-0.39, 0.29) is 35.5 Å². The lowest BCUT2D eigenvalue weighted by Gasteiger charge is -2.18. The van der Waals surface area contributed by atoms with Crippen molar-refractivity contribution in [1.29, 1.82) is 0 Å². The van der Waals surface area contributed by atoms with Gasteiger partial charge in [0, 0.05) is 11.8 Å². The highest BCUT2D eigenvalue weighted by Crippen LogP contribution is 2.51. The van der Waals surface area contributed by atoms with Crippen molar-refractivity contribution < 1.29 is 38.6 Å². The molecule has 2 N–H and O–H groups in total. The first-order valence-electron chi connectivity index (χ1n) is 10.7. The summed E-state index contributed by atoms with van der Waals surface area (Å²) in [6.07, 6.45) is -0.197. The van der Waals surface area contributed by atoms with Crippen LogP contribution in [0.3, 0.4) is 0 Å². The number of hydrogen-bond acceptors (Lipinski definition) is 8. The summed E-state index contributed by atoms with van der Waals surface area (Å²) in [5, 5.41) is 19.6. The topological polar surface area (TPSA) is 95.8 Å². The van der Waals surface area contributed by atoms with Gasteiger partial charge in [-0.05, 0) is 35.4 Å². The van der Waals surface area contributed by atoms with E-state index in [0.29, 0.717) is 24.7 Å². The number of aromatic hydroxyl groups is 2. The Morgan fingerprint density at radius 1 is 0.688 bits per heavy atom. The van der Waals surface area contributed by atoms with Gasteiger partial charge >= 0.3 is 0 Å². The van der Waals surface area contributed by atoms with Crippen molar-refractivity contribution in [1.82, 2.24) is 0 Å². The molecule has 8 heteroatoms. The van der Waals surface area contributed by atoms with Crippen molar-refractivity contribution in [2.45, 2.75) is 12.2 Å². The third-order valence-electron chi connectivity index (χ3n) is 6.07. The predicted molar refractivity (Wildman–Crippen MR) is 115 cm³/mol. The highest BCUT2D eigenvalue weighted by Gasteiger charge is 2.48. The average molecular weight is 446 g/mol. The molecule has 0 bridgehead atoms. The monoisotopic (exact) mass is 446 g/mol. The molecule has 5 rings (SSSR count). The first kappa shape index (κ1) is 22.7. The number of hydrogen-bond donors (Lipinski definition) is 2. The molecule has 0 aliphatic carbocycles. The second kappa shape index (κ2) is 10.4. The Labute approximate surface area is 187 Å². The van der Waals surface area contributed by atoms with Crippen molar-refractivity contribution in [2.75, 3.05) is 53.9 Å². The molecule has 0 saturated carbocycles. The molecule has 4 atom stereocenters. The molecule has 0 aromatic heterocycles. The van der Waals surface area contributed by atoms with Crippen molar-refractivity contribution >= 4 is 0 Å². The summed E-state index contributed by atoms with van der Waals surface area (Å²) >= 11 is 0. The van der Waals surface area contributed by atoms with Crippen LogP contribution in [0, 0.1) is 11.8 Å². The Morgan fingerprint density at radius 3 is 1.44 bits per heavy atom. The van der Waals surface area contributed by atoms with Gasteiger partial charge in [0.25, 0.3) is 0 Å². The average Bonchev–Trinajstić information content (AvgIpc) is 3.44. The number of phenolic OH excluding ortho intramolecular Hbond substituents is 2. The number of phenols is 2. The zero-order chi connectivity index (χ0) is 22.5. The number of ether oxygens (including phenoxy) is 6. The fourth-order valence-electron chi connectivity index (χ4n) is 4.42. The molecular weight excluding hydrogens is 416 g/mol. The molecule has 0 radical (unpaired) electrons. The van der Waals surface area contributed by atoms with Gasteiger partial charge in [-0.2, -0.15) is 0 Å². The number of fused-ring (bicyclic) bond motifs is 1. The second-order valence-corrected chi connectivity index (χ2v) is 7.92. The van der Waals surface area contributed by atoms with Gasteiger partial charge in [-0.15, -0.1) is 0 Å². The van der Waals surface area contributed by atoms with Crippen LogP contribution in [0.1, 0.15) is 23.3 Å². The van der Waals surface area contributed by atoms with Gasteiger partial charge in [0.15, 0.2) is 23.0 Å². The van der Waals surface area contributed by atoms with Crippen LogP contribution in [0.15, 0.2) is 36.4 Å². The lowest BCUT2D eigenvalue weighted by molar-refractivity contribution is -0.0334. The minimum Gasteiger partial charge on any atom is -0.504 e. The Kier molecular flexibility index (Phi) is 7.36. The fraction of sp³-hybridized carbons (Fsp3) is 0.500. The highest BCUT2D eigenvalue weighted by molar-refractivity contribution is 5.44. The van der Waals surface area contributed by atoms with E-state index in [1.807, 2.05) is 24.3 Å². The van der Waals surface area contributed by atoms with Gasteiger partial charge < -0.3 is 38.6 Å². The molecule has 3 fully saturated rings. The smallest absolute Gasteiger partial charge is 0.160 e. The van der Waals surface area contributed by atoms with Gasteiger partial charge in [0.05, 0.1) is 66.1 Å². The maximum absolute atomic E-state index is 9.80. The maximum atomic E-state index is 9.80. The molecule has 3 aliphatic heterocycles. The van der Waals surface area contributed by atoms with Crippen LogP contribution < -0.4 is 9.47 Å². The maximum Gasteiger partial charge on any atom is 0.160 e. The van der Waals surface area contributed by atoms with Gasteiger partial charge in [0.2, 0.25) is 0 Å². The molecular formula is C24H30O8. The Hall–Kier alpha value is -2.52. The van der Waals surface area contributed by atoms with Crippen LogP contribution in [-0.2, 0) is 18.9 Å². The quantitative estimate of drug-likeness (QED) is 0.739. The van der Waals surface area contributed by atoms with Gasteiger partial charge in [-0.25, -0.2) is 0 Å². The van der Waals surface area contributed by atoms with Crippen LogP contribution in [-0.4, -0.2) is 64.1 Å². The SMILES string of the molecule is C1COCCO1.COc1cc([C@H]2OC[C@H]3[C@@H]2CO[C@@H]3c2ccc(O)c(OC)c2)ccc1O. The summed E-state index contributed by atoms with van der Waals surface area (Å²) in [4.78, 5) is 0. The number of rotatable bonds is 4. The normalized spacial score (nSPS) is 26.7. The minimum absolute atomic E-state index is 0.0986. The molecule has 0 amide bonds. The van der Waals surface area contributed by atoms with E-state index >= 15 is 0 Å². The Balaban J connectivity index is 0.000000354. The fourth-order valence-corrected chi connectivity index (χ4v) is 4.42. The first-order valence-corrected chi connectivity index (χ1v) is 10.7. The van der Waals surface area contributed by atoms with E-state index < -0.39 is 0 Å². The van der Waals surface area contributed by atoms with Crippen molar-refractivity contribution in [3.05, 3.63) is 47.5 Å². The third-order valence-corrected chi connectivity index (χ3v) is 6.07. The van der Waals surface area contributed by atoms with Gasteiger partial charge in [0.1, 0.15) is 0 Å². The molecule has 3 aliphatic rings. The molecule has 2 aromatic carbocycles. The number of benzene rings is 2. The predicted octanol–water partition coefficient (Wildman–Crippen LogP) is 3.22. The molecule has 174 valence electrons. The summed E-state index contributed by atoms with van der Waals surface area (Å²) in [6.45, 7) is 4.29. The van der Waals surface area contributed by atoms with E-state index in [2.05, 4.69) is 0 Å². The van der Waals surface area contributed by atoms with E-state index in [9.17, 15) is 10.2 Å². The lowest BCUT2D eigenvalue weighted by atomic mass is 9.85. The van der Waals surface area contributed by atoms with E-state index in [1.165, 1.54) is 14.2 Å². The number of methoxy groups -OCH3 is 2. The summed E-state index contributed by atoms with van der Waals surface area (Å²) < 4.78 is 32.5. The third kappa shape index (κ3) is 4.78. The zero-order valence-electron chi connectivity index (χ0n) is 18.4. The molecule has 0 unspecified atom stereocenters. The van der Waals surface area contributed by atoms with Crippen molar-refractivity contribution in [3.63, 3.8) is 0 Å². The van der Waals surface area contributed by atoms with E-state index in [1.54, 1.807) is 12.1 Å². The van der Waals surface area contributed by atoms with Crippen molar-refractivity contribution in [2.24, 2.45) is 11.8 Å². The molecule has 3 heterocycles. The Bertz CT molecular complexity index is 819. The summed E-state index contributed by atoms with van der Waals surface area (Å²) in [5.41, 5.74) is 1.94. The highest BCUT2D eigenvalue weighted by atomic mass is 16.6. The van der Waals surface area contributed by atoms with Crippen LogP contribution in [0.25, 0.3) is 0 Å². The molecule has 8 nitrogen and oxygen atoms in total.